The van der Waals surface area contributed by atoms with Crippen molar-refractivity contribution in [2.75, 3.05) is 5.73 Å². The quantitative estimate of drug-likeness (QED) is 0.873. The lowest BCUT2D eigenvalue weighted by atomic mass is 10.3. The fourth-order valence-corrected chi connectivity index (χ4v) is 2.80. The van der Waals surface area contributed by atoms with Gasteiger partial charge in [-0.3, -0.25) is 4.79 Å². The molecule has 0 saturated carbocycles. The number of thiophene rings is 1. The van der Waals surface area contributed by atoms with Crippen molar-refractivity contribution >= 4 is 34.7 Å². The zero-order valence-corrected chi connectivity index (χ0v) is 9.85. The average Bonchev–Trinajstić information content (AvgIpc) is 2.73. The molecule has 2 aromatic rings. The zero-order valence-electron chi connectivity index (χ0n) is 8.21. The molecule has 2 aromatic heterocycles. The molecule has 0 fully saturated rings. The van der Waals surface area contributed by atoms with Gasteiger partial charge >= 0.3 is 0 Å². The molecular weight excluding hydrogens is 242 g/mol. The zero-order chi connectivity index (χ0) is 11.5. The third-order valence-corrected chi connectivity index (χ3v) is 3.89. The van der Waals surface area contributed by atoms with Crippen LogP contribution in [-0.4, -0.2) is 10.9 Å². The first-order chi connectivity index (χ1) is 7.66. The third-order valence-electron chi connectivity index (χ3n) is 1.83. The number of rotatable bonds is 3. The van der Waals surface area contributed by atoms with Crippen LogP contribution in [0.4, 0.5) is 5.69 Å². The summed E-state index contributed by atoms with van der Waals surface area (Å²) in [6.07, 6.45) is 0. The molecule has 6 heteroatoms. The molecule has 0 spiro atoms. The van der Waals surface area contributed by atoms with Crippen LogP contribution in [0.2, 0.25) is 0 Å². The van der Waals surface area contributed by atoms with Gasteiger partial charge in [0.15, 0.2) is 0 Å². The van der Waals surface area contributed by atoms with E-state index in [4.69, 9.17) is 11.5 Å². The van der Waals surface area contributed by atoms with Gasteiger partial charge in [0.25, 0.3) is 5.91 Å². The summed E-state index contributed by atoms with van der Waals surface area (Å²) >= 11 is 3.02. The van der Waals surface area contributed by atoms with Gasteiger partial charge in [0.05, 0.1) is 9.90 Å². The first kappa shape index (κ1) is 11.0. The van der Waals surface area contributed by atoms with Gasteiger partial charge in [-0.25, -0.2) is 4.98 Å². The molecule has 82 valence electrons. The molecule has 4 N–H and O–H groups in total. The lowest BCUT2D eigenvalue weighted by Gasteiger charge is -2.03. The second-order valence-corrected chi connectivity index (χ2v) is 5.23. The Morgan fingerprint density at radius 1 is 1.38 bits per heavy atom. The van der Waals surface area contributed by atoms with Gasteiger partial charge in [-0.2, -0.15) is 0 Å². The molecule has 1 amide bonds. The minimum atomic E-state index is -0.548. The number of carbonyl (C=O) groups is 1. The van der Waals surface area contributed by atoms with Gasteiger partial charge in [-0.05, 0) is 23.6 Å². The Balaban J connectivity index is 2.32. The van der Waals surface area contributed by atoms with Crippen LogP contribution in [0.25, 0.3) is 0 Å². The second kappa shape index (κ2) is 4.54. The van der Waals surface area contributed by atoms with E-state index in [1.807, 2.05) is 17.5 Å². The second-order valence-electron chi connectivity index (χ2n) is 2.99. The van der Waals surface area contributed by atoms with Crippen LogP contribution < -0.4 is 11.5 Å². The minimum absolute atomic E-state index is 0.230. The summed E-state index contributed by atoms with van der Waals surface area (Å²) in [4.78, 5) is 15.1. The summed E-state index contributed by atoms with van der Waals surface area (Å²) in [5, 5.41) is 2.58. The molecule has 0 bridgehead atoms. The van der Waals surface area contributed by atoms with Gasteiger partial charge in [0.1, 0.15) is 10.7 Å². The molecule has 0 aliphatic heterocycles. The van der Waals surface area contributed by atoms with E-state index in [1.165, 1.54) is 17.8 Å². The molecular formula is C10H9N3OS2. The molecule has 0 unspecified atom stereocenters. The highest BCUT2D eigenvalue weighted by atomic mass is 32.2. The Morgan fingerprint density at radius 3 is 2.81 bits per heavy atom. The van der Waals surface area contributed by atoms with E-state index in [2.05, 4.69) is 4.98 Å². The van der Waals surface area contributed by atoms with E-state index >= 15 is 0 Å². The van der Waals surface area contributed by atoms with Crippen LogP contribution in [0, 0.1) is 0 Å². The molecule has 0 aromatic carbocycles. The van der Waals surface area contributed by atoms with Crippen molar-refractivity contribution < 1.29 is 4.79 Å². The van der Waals surface area contributed by atoms with E-state index in [-0.39, 0.29) is 5.69 Å². The van der Waals surface area contributed by atoms with E-state index in [0.29, 0.717) is 10.7 Å². The van der Waals surface area contributed by atoms with Gasteiger partial charge in [-0.15, -0.1) is 11.3 Å². The first-order valence-corrected chi connectivity index (χ1v) is 6.14. The van der Waals surface area contributed by atoms with Crippen LogP contribution in [-0.2, 0) is 0 Å². The largest absolute Gasteiger partial charge is 0.397 e. The molecule has 16 heavy (non-hydrogen) atoms. The van der Waals surface area contributed by atoms with Crippen molar-refractivity contribution in [1.29, 1.82) is 0 Å². The Hall–Kier alpha value is -1.53. The van der Waals surface area contributed by atoms with Gasteiger partial charge in [0.2, 0.25) is 0 Å². The highest BCUT2D eigenvalue weighted by molar-refractivity contribution is 8.01. The van der Waals surface area contributed by atoms with Gasteiger partial charge in [0, 0.05) is 0 Å². The Kier molecular flexibility index (Phi) is 3.12. The summed E-state index contributed by atoms with van der Waals surface area (Å²) in [6, 6.07) is 7.08. The normalized spacial score (nSPS) is 10.2. The number of nitrogen functional groups attached to an aromatic ring is 1. The number of nitrogens with zero attached hydrogens (tertiary/aromatic N) is 1. The number of aromatic nitrogens is 1. The van der Waals surface area contributed by atoms with Crippen LogP contribution in [0.5, 0.6) is 0 Å². The molecule has 0 radical (unpaired) electrons. The Morgan fingerprint density at radius 2 is 2.19 bits per heavy atom. The summed E-state index contributed by atoms with van der Waals surface area (Å²) in [6.45, 7) is 0. The van der Waals surface area contributed by atoms with Crippen LogP contribution in [0.1, 0.15) is 10.5 Å². The van der Waals surface area contributed by atoms with Crippen molar-refractivity contribution in [3.63, 3.8) is 0 Å². The smallest absolute Gasteiger partial charge is 0.267 e. The van der Waals surface area contributed by atoms with Crippen molar-refractivity contribution in [2.45, 2.75) is 9.24 Å². The maximum absolute atomic E-state index is 11.0. The van der Waals surface area contributed by atoms with Crippen molar-refractivity contribution in [2.24, 2.45) is 5.73 Å². The SMILES string of the molecule is NC(=O)c1ccc(N)c(Sc2cccs2)n1. The maximum Gasteiger partial charge on any atom is 0.267 e. The predicted octanol–water partition coefficient (Wildman–Crippen LogP) is 1.98. The summed E-state index contributed by atoms with van der Waals surface area (Å²) in [7, 11) is 0. The lowest BCUT2D eigenvalue weighted by Crippen LogP contribution is -2.13. The van der Waals surface area contributed by atoms with E-state index < -0.39 is 5.91 Å². The maximum atomic E-state index is 11.0. The number of hydrogen-bond acceptors (Lipinski definition) is 5. The molecule has 2 heterocycles. The van der Waals surface area contributed by atoms with Crippen molar-refractivity contribution in [3.8, 4) is 0 Å². The standard InChI is InChI=1S/C10H9N3OS2/c11-6-3-4-7(9(12)14)13-10(6)16-8-2-1-5-15-8/h1-5H,11H2,(H2,12,14). The van der Waals surface area contributed by atoms with Gasteiger partial charge < -0.3 is 11.5 Å². The fraction of sp³-hybridized carbons (Fsp3) is 0. The van der Waals surface area contributed by atoms with Crippen molar-refractivity contribution in [1.82, 2.24) is 4.98 Å². The van der Waals surface area contributed by atoms with Gasteiger partial charge in [-0.1, -0.05) is 17.8 Å². The Bertz CT molecular complexity index is 511. The number of anilines is 1. The van der Waals surface area contributed by atoms with Crippen molar-refractivity contribution in [3.05, 3.63) is 35.3 Å². The van der Waals surface area contributed by atoms with Crippen LogP contribution >= 0.6 is 23.1 Å². The van der Waals surface area contributed by atoms with E-state index in [0.717, 1.165) is 4.21 Å². The predicted molar refractivity (Wildman–Crippen MR) is 65.6 cm³/mol. The summed E-state index contributed by atoms with van der Waals surface area (Å²) < 4.78 is 1.07. The fourth-order valence-electron chi connectivity index (χ4n) is 1.09. The number of carbonyl (C=O) groups excluding carboxylic acids is 1. The first-order valence-electron chi connectivity index (χ1n) is 4.44. The molecule has 0 aliphatic rings. The molecule has 2 rings (SSSR count). The number of pyridine rings is 1. The highest BCUT2D eigenvalue weighted by Gasteiger charge is 2.08. The Labute approximate surface area is 101 Å². The summed E-state index contributed by atoms with van der Waals surface area (Å²) in [5.74, 6) is -0.548. The molecule has 4 nitrogen and oxygen atoms in total. The van der Waals surface area contributed by atoms with E-state index in [1.54, 1.807) is 17.4 Å². The monoisotopic (exact) mass is 251 g/mol. The van der Waals surface area contributed by atoms with Crippen LogP contribution in [0.15, 0.2) is 38.9 Å². The molecule has 0 aliphatic carbocycles. The number of primary amides is 1. The van der Waals surface area contributed by atoms with Crippen LogP contribution in [0.3, 0.4) is 0 Å². The average molecular weight is 251 g/mol. The number of amides is 1. The molecule has 0 atom stereocenters. The molecule has 0 saturated heterocycles. The minimum Gasteiger partial charge on any atom is -0.397 e. The lowest BCUT2D eigenvalue weighted by molar-refractivity contribution is 0.0995. The number of nitrogens with two attached hydrogens (primary N) is 2. The highest BCUT2D eigenvalue weighted by Crippen LogP contribution is 2.33. The number of hydrogen-bond donors (Lipinski definition) is 2. The third kappa shape index (κ3) is 2.34. The van der Waals surface area contributed by atoms with E-state index in [9.17, 15) is 4.79 Å². The summed E-state index contributed by atoms with van der Waals surface area (Å²) in [5.41, 5.74) is 11.7. The topological polar surface area (TPSA) is 82.0 Å².